The number of halogens is 2. The second kappa shape index (κ2) is 6.79. The van der Waals surface area contributed by atoms with E-state index >= 15 is 0 Å². The molecule has 0 atom stereocenters. The van der Waals surface area contributed by atoms with Crippen molar-refractivity contribution in [2.24, 2.45) is 4.99 Å². The highest BCUT2D eigenvalue weighted by Crippen LogP contribution is 2.24. The highest BCUT2D eigenvalue weighted by molar-refractivity contribution is 6.30. The Morgan fingerprint density at radius 1 is 1.23 bits per heavy atom. The minimum atomic E-state index is -0.336. The Morgan fingerprint density at radius 3 is 2.86 bits per heavy atom. The van der Waals surface area contributed by atoms with Gasteiger partial charge in [-0.25, -0.2) is 4.39 Å². The number of benzene rings is 2. The molecule has 22 heavy (non-hydrogen) atoms. The van der Waals surface area contributed by atoms with E-state index in [1.165, 1.54) is 6.07 Å². The summed E-state index contributed by atoms with van der Waals surface area (Å²) in [5.41, 5.74) is 1.32. The van der Waals surface area contributed by atoms with Gasteiger partial charge in [0.1, 0.15) is 24.0 Å². The lowest BCUT2D eigenvalue weighted by atomic mass is 10.1. The van der Waals surface area contributed by atoms with Crippen molar-refractivity contribution < 1.29 is 9.13 Å². The first-order valence-electron chi connectivity index (χ1n) is 7.18. The normalized spacial score (nSPS) is 14.2. The first-order valence-corrected chi connectivity index (χ1v) is 7.56. The van der Waals surface area contributed by atoms with Gasteiger partial charge in [0, 0.05) is 18.1 Å². The van der Waals surface area contributed by atoms with Crippen LogP contribution in [0.2, 0.25) is 5.02 Å². The van der Waals surface area contributed by atoms with E-state index in [0.717, 1.165) is 18.5 Å². The first kappa shape index (κ1) is 14.9. The fraction of sp³-hybridized carbons (Fsp3) is 0.235. The molecule has 0 spiro atoms. The number of hydrogen-bond donors (Lipinski definition) is 1. The van der Waals surface area contributed by atoms with Gasteiger partial charge in [0.05, 0.1) is 5.56 Å². The summed E-state index contributed by atoms with van der Waals surface area (Å²) < 4.78 is 20.0. The van der Waals surface area contributed by atoms with Crippen molar-refractivity contribution in [1.29, 1.82) is 0 Å². The average molecular weight is 319 g/mol. The standard InChI is InChI=1S/C17H16ClFN2O/c18-13-5-1-4-12(10-13)11-22-15-7-2-6-14(19)16(15)17-20-8-3-9-21-17/h1-2,4-7,10H,3,8-9,11H2,(H,20,21). The predicted octanol–water partition coefficient (Wildman–Crippen LogP) is 3.80. The molecule has 1 N–H and O–H groups in total. The molecule has 1 aliphatic rings. The summed E-state index contributed by atoms with van der Waals surface area (Å²) >= 11 is 5.96. The van der Waals surface area contributed by atoms with Gasteiger partial charge in [-0.3, -0.25) is 4.99 Å². The first-order chi connectivity index (χ1) is 10.7. The molecule has 0 radical (unpaired) electrons. The van der Waals surface area contributed by atoms with Crippen LogP contribution in [-0.2, 0) is 6.61 Å². The van der Waals surface area contributed by atoms with Crippen molar-refractivity contribution in [1.82, 2.24) is 5.32 Å². The summed E-state index contributed by atoms with van der Waals surface area (Å²) in [5, 5.41) is 3.78. The highest BCUT2D eigenvalue weighted by Gasteiger charge is 2.17. The SMILES string of the molecule is Fc1cccc(OCc2cccc(Cl)c2)c1C1=NCCCN1. The number of rotatable bonds is 4. The van der Waals surface area contributed by atoms with Gasteiger partial charge in [-0.15, -0.1) is 0 Å². The zero-order valence-electron chi connectivity index (χ0n) is 12.0. The zero-order chi connectivity index (χ0) is 15.4. The van der Waals surface area contributed by atoms with Crippen LogP contribution in [0.3, 0.4) is 0 Å². The molecule has 0 saturated carbocycles. The second-order valence-corrected chi connectivity index (χ2v) is 5.48. The molecule has 5 heteroatoms. The Morgan fingerprint density at radius 2 is 2.09 bits per heavy atom. The minimum absolute atomic E-state index is 0.324. The van der Waals surface area contributed by atoms with E-state index in [1.54, 1.807) is 18.2 Å². The van der Waals surface area contributed by atoms with Gasteiger partial charge in [0.2, 0.25) is 0 Å². The van der Waals surface area contributed by atoms with Crippen molar-refractivity contribution in [2.45, 2.75) is 13.0 Å². The largest absolute Gasteiger partial charge is 0.488 e. The third-order valence-electron chi connectivity index (χ3n) is 3.39. The van der Waals surface area contributed by atoms with Crippen molar-refractivity contribution >= 4 is 17.4 Å². The maximum absolute atomic E-state index is 14.2. The van der Waals surface area contributed by atoms with E-state index in [1.807, 2.05) is 18.2 Å². The van der Waals surface area contributed by atoms with Crippen LogP contribution in [0.25, 0.3) is 0 Å². The number of nitrogens with zero attached hydrogens (tertiary/aromatic N) is 1. The zero-order valence-corrected chi connectivity index (χ0v) is 12.7. The Balaban J connectivity index is 1.84. The molecule has 0 aromatic heterocycles. The summed E-state index contributed by atoms with van der Waals surface area (Å²) in [6, 6.07) is 12.2. The van der Waals surface area contributed by atoms with Crippen LogP contribution in [0.1, 0.15) is 17.5 Å². The molecule has 0 saturated heterocycles. The van der Waals surface area contributed by atoms with Gasteiger partial charge >= 0.3 is 0 Å². The smallest absolute Gasteiger partial charge is 0.137 e. The molecule has 1 aliphatic heterocycles. The highest BCUT2D eigenvalue weighted by atomic mass is 35.5. The van der Waals surface area contributed by atoms with Gasteiger partial charge in [0.25, 0.3) is 0 Å². The van der Waals surface area contributed by atoms with E-state index in [2.05, 4.69) is 10.3 Å². The fourth-order valence-electron chi connectivity index (χ4n) is 2.34. The van der Waals surface area contributed by atoms with Crippen LogP contribution in [-0.4, -0.2) is 18.9 Å². The lowest BCUT2D eigenvalue weighted by molar-refractivity contribution is 0.303. The lowest BCUT2D eigenvalue weighted by Crippen LogP contribution is -2.31. The molecule has 0 amide bonds. The molecule has 3 nitrogen and oxygen atoms in total. The number of aliphatic imine (C=N–C) groups is 1. The van der Waals surface area contributed by atoms with Crippen LogP contribution in [0.5, 0.6) is 5.75 Å². The summed E-state index contributed by atoms with van der Waals surface area (Å²) in [6.45, 7) is 1.82. The molecule has 0 bridgehead atoms. The molecule has 1 heterocycles. The Kier molecular flexibility index (Phi) is 4.59. The van der Waals surface area contributed by atoms with E-state index < -0.39 is 0 Å². The molecule has 114 valence electrons. The third kappa shape index (κ3) is 3.39. The maximum Gasteiger partial charge on any atom is 0.137 e. The molecule has 3 rings (SSSR count). The Bertz CT molecular complexity index is 703. The van der Waals surface area contributed by atoms with Gasteiger partial charge < -0.3 is 10.1 Å². The van der Waals surface area contributed by atoms with Crippen molar-refractivity contribution in [3.63, 3.8) is 0 Å². The summed E-state index contributed by atoms with van der Waals surface area (Å²) in [7, 11) is 0. The Labute approximate surface area is 133 Å². The monoisotopic (exact) mass is 318 g/mol. The number of ether oxygens (including phenoxy) is 1. The number of hydrogen-bond acceptors (Lipinski definition) is 3. The molecule has 0 aliphatic carbocycles. The molecule has 0 unspecified atom stereocenters. The fourth-order valence-corrected chi connectivity index (χ4v) is 2.56. The van der Waals surface area contributed by atoms with Gasteiger partial charge in [-0.1, -0.05) is 29.8 Å². The van der Waals surface area contributed by atoms with Crippen LogP contribution in [0.4, 0.5) is 4.39 Å². The second-order valence-electron chi connectivity index (χ2n) is 5.04. The minimum Gasteiger partial charge on any atom is -0.488 e. The van der Waals surface area contributed by atoms with Gasteiger partial charge in [-0.05, 0) is 36.2 Å². The van der Waals surface area contributed by atoms with Crippen molar-refractivity contribution in [3.05, 3.63) is 64.4 Å². The van der Waals surface area contributed by atoms with E-state index in [0.29, 0.717) is 35.3 Å². The van der Waals surface area contributed by atoms with E-state index in [4.69, 9.17) is 16.3 Å². The molecule has 2 aromatic rings. The summed E-state index contributed by atoms with van der Waals surface area (Å²) in [5.74, 6) is 0.704. The van der Waals surface area contributed by atoms with Crippen LogP contribution >= 0.6 is 11.6 Å². The van der Waals surface area contributed by atoms with Gasteiger partial charge in [-0.2, -0.15) is 0 Å². The van der Waals surface area contributed by atoms with E-state index in [9.17, 15) is 4.39 Å². The van der Waals surface area contributed by atoms with Crippen molar-refractivity contribution in [2.75, 3.05) is 13.1 Å². The van der Waals surface area contributed by atoms with Crippen LogP contribution in [0, 0.1) is 5.82 Å². The van der Waals surface area contributed by atoms with Gasteiger partial charge in [0.15, 0.2) is 0 Å². The summed E-state index contributed by atoms with van der Waals surface area (Å²) in [6.07, 6.45) is 0.955. The molecule has 0 fully saturated rings. The maximum atomic E-state index is 14.2. The number of amidine groups is 1. The molecular weight excluding hydrogens is 303 g/mol. The molecular formula is C17H16ClFN2O. The Hall–Kier alpha value is -2.07. The van der Waals surface area contributed by atoms with Crippen LogP contribution in [0.15, 0.2) is 47.5 Å². The number of nitrogens with one attached hydrogen (secondary N) is 1. The van der Waals surface area contributed by atoms with Crippen molar-refractivity contribution in [3.8, 4) is 5.75 Å². The third-order valence-corrected chi connectivity index (χ3v) is 3.63. The predicted molar refractivity (Wildman–Crippen MR) is 86.2 cm³/mol. The molecule has 2 aromatic carbocycles. The average Bonchev–Trinajstić information content (AvgIpc) is 2.54. The van der Waals surface area contributed by atoms with Crippen LogP contribution < -0.4 is 10.1 Å². The lowest BCUT2D eigenvalue weighted by Gasteiger charge is -2.18. The topological polar surface area (TPSA) is 33.6 Å². The quantitative estimate of drug-likeness (QED) is 0.930. The summed E-state index contributed by atoms with van der Waals surface area (Å²) in [4.78, 5) is 4.35. The van der Waals surface area contributed by atoms with E-state index in [-0.39, 0.29) is 5.82 Å².